The van der Waals surface area contributed by atoms with Crippen molar-refractivity contribution in [1.29, 1.82) is 0 Å². The fourth-order valence-corrected chi connectivity index (χ4v) is 2.66. The van der Waals surface area contributed by atoms with E-state index in [0.29, 0.717) is 27.8 Å². The van der Waals surface area contributed by atoms with Crippen molar-refractivity contribution in [3.05, 3.63) is 22.6 Å². The standard InChI is InChI=1S/C12H15ClN6S/c1-3-4-9-18-10(13)6(2)11(19-9)20-12-16-7(14)5-8(15)17-12/h5H,3-4H2,1-2H3,(H4,14,15,16,17). The van der Waals surface area contributed by atoms with Crippen LogP contribution in [-0.4, -0.2) is 19.9 Å². The summed E-state index contributed by atoms with van der Waals surface area (Å²) in [7, 11) is 0. The molecule has 8 heteroatoms. The van der Waals surface area contributed by atoms with Gasteiger partial charge in [-0.15, -0.1) is 0 Å². The number of nitrogens with two attached hydrogens (primary N) is 2. The van der Waals surface area contributed by atoms with E-state index in [0.717, 1.165) is 23.4 Å². The summed E-state index contributed by atoms with van der Waals surface area (Å²) < 4.78 is 0. The lowest BCUT2D eigenvalue weighted by atomic mass is 10.3. The predicted octanol–water partition coefficient (Wildman–Crippen LogP) is 2.50. The second-order valence-corrected chi connectivity index (χ2v) is 5.53. The van der Waals surface area contributed by atoms with E-state index in [9.17, 15) is 0 Å². The first-order chi connectivity index (χ1) is 9.49. The zero-order chi connectivity index (χ0) is 14.7. The van der Waals surface area contributed by atoms with E-state index in [1.165, 1.54) is 17.8 Å². The number of aryl methyl sites for hydroxylation is 1. The van der Waals surface area contributed by atoms with Crippen LogP contribution in [0.1, 0.15) is 24.7 Å². The Labute approximate surface area is 126 Å². The molecule has 0 spiro atoms. The lowest BCUT2D eigenvalue weighted by molar-refractivity contribution is 0.800. The van der Waals surface area contributed by atoms with Gasteiger partial charge in [0.2, 0.25) is 0 Å². The zero-order valence-electron chi connectivity index (χ0n) is 11.2. The van der Waals surface area contributed by atoms with Gasteiger partial charge in [-0.2, -0.15) is 0 Å². The van der Waals surface area contributed by atoms with Crippen LogP contribution in [0.3, 0.4) is 0 Å². The van der Waals surface area contributed by atoms with E-state index in [-0.39, 0.29) is 0 Å². The Kier molecular flexibility index (Phi) is 4.61. The Morgan fingerprint density at radius 1 is 1.15 bits per heavy atom. The Balaban J connectivity index is 2.36. The van der Waals surface area contributed by atoms with Gasteiger partial charge >= 0.3 is 0 Å². The topological polar surface area (TPSA) is 104 Å². The fraction of sp³-hybridized carbons (Fsp3) is 0.333. The molecule has 0 saturated heterocycles. The number of halogens is 1. The molecule has 106 valence electrons. The first-order valence-corrected chi connectivity index (χ1v) is 7.30. The molecule has 0 unspecified atom stereocenters. The number of aromatic nitrogens is 4. The Morgan fingerprint density at radius 3 is 2.40 bits per heavy atom. The van der Waals surface area contributed by atoms with Crippen molar-refractivity contribution in [3.8, 4) is 0 Å². The minimum Gasteiger partial charge on any atom is -0.383 e. The van der Waals surface area contributed by atoms with Crippen LogP contribution in [0.15, 0.2) is 16.2 Å². The number of nitrogen functional groups attached to an aromatic ring is 2. The third-order valence-corrected chi connectivity index (χ3v) is 3.82. The molecule has 6 nitrogen and oxygen atoms in total. The SMILES string of the molecule is CCCc1nc(Cl)c(C)c(Sc2nc(N)cc(N)n2)n1. The molecule has 0 aliphatic rings. The van der Waals surface area contributed by atoms with Crippen molar-refractivity contribution >= 4 is 35.0 Å². The molecule has 2 aromatic rings. The second-order valence-electron chi connectivity index (χ2n) is 4.21. The summed E-state index contributed by atoms with van der Waals surface area (Å²) in [6.07, 6.45) is 1.72. The summed E-state index contributed by atoms with van der Waals surface area (Å²) in [6, 6.07) is 1.51. The molecule has 2 rings (SSSR count). The molecule has 0 bridgehead atoms. The predicted molar refractivity (Wildman–Crippen MR) is 80.8 cm³/mol. The van der Waals surface area contributed by atoms with E-state index >= 15 is 0 Å². The first-order valence-electron chi connectivity index (χ1n) is 6.10. The lowest BCUT2D eigenvalue weighted by Crippen LogP contribution is -2.02. The summed E-state index contributed by atoms with van der Waals surface area (Å²) >= 11 is 7.41. The van der Waals surface area contributed by atoms with Gasteiger partial charge in [0.25, 0.3) is 0 Å². The molecule has 2 aromatic heterocycles. The highest BCUT2D eigenvalue weighted by atomic mass is 35.5. The first kappa shape index (κ1) is 14.8. The van der Waals surface area contributed by atoms with Gasteiger partial charge in [-0.1, -0.05) is 18.5 Å². The number of anilines is 2. The third kappa shape index (κ3) is 3.49. The summed E-state index contributed by atoms with van der Waals surface area (Å²) in [4.78, 5) is 17.0. The van der Waals surface area contributed by atoms with E-state index < -0.39 is 0 Å². The van der Waals surface area contributed by atoms with E-state index in [2.05, 4.69) is 26.9 Å². The number of nitrogens with zero attached hydrogens (tertiary/aromatic N) is 4. The molecule has 2 heterocycles. The minimum absolute atomic E-state index is 0.326. The van der Waals surface area contributed by atoms with Gasteiger partial charge in [0.1, 0.15) is 27.6 Å². The average molecular weight is 311 g/mol. The van der Waals surface area contributed by atoms with Crippen molar-refractivity contribution in [2.24, 2.45) is 0 Å². The molecule has 20 heavy (non-hydrogen) atoms. The second kappa shape index (κ2) is 6.23. The highest BCUT2D eigenvalue weighted by Gasteiger charge is 2.12. The van der Waals surface area contributed by atoms with Crippen LogP contribution in [0.2, 0.25) is 5.15 Å². The summed E-state index contributed by atoms with van der Waals surface area (Å²) in [5.74, 6) is 1.36. The van der Waals surface area contributed by atoms with Crippen LogP contribution in [-0.2, 0) is 6.42 Å². The molecule has 0 aromatic carbocycles. The van der Waals surface area contributed by atoms with Crippen LogP contribution in [0.25, 0.3) is 0 Å². The van der Waals surface area contributed by atoms with Crippen LogP contribution in [0.5, 0.6) is 0 Å². The molecule has 0 atom stereocenters. The molecule has 0 fully saturated rings. The normalized spacial score (nSPS) is 10.8. The van der Waals surface area contributed by atoms with Gasteiger partial charge in [-0.05, 0) is 25.1 Å². The maximum atomic E-state index is 6.13. The summed E-state index contributed by atoms with van der Waals surface area (Å²) in [5, 5.41) is 1.61. The molecular formula is C12H15ClN6S. The third-order valence-electron chi connectivity index (χ3n) is 2.49. The van der Waals surface area contributed by atoms with Crippen LogP contribution in [0.4, 0.5) is 11.6 Å². The molecule has 0 aliphatic heterocycles. The molecule has 0 aliphatic carbocycles. The largest absolute Gasteiger partial charge is 0.383 e. The van der Waals surface area contributed by atoms with E-state index in [4.69, 9.17) is 23.1 Å². The maximum Gasteiger partial charge on any atom is 0.197 e. The molecule has 0 radical (unpaired) electrons. The van der Waals surface area contributed by atoms with Crippen molar-refractivity contribution in [1.82, 2.24) is 19.9 Å². The van der Waals surface area contributed by atoms with Crippen molar-refractivity contribution in [2.45, 2.75) is 36.9 Å². The smallest absolute Gasteiger partial charge is 0.197 e. The minimum atomic E-state index is 0.326. The Hall–Kier alpha value is -1.60. The van der Waals surface area contributed by atoms with Gasteiger partial charge in [-0.3, -0.25) is 0 Å². The monoisotopic (exact) mass is 310 g/mol. The maximum absolute atomic E-state index is 6.13. The van der Waals surface area contributed by atoms with E-state index in [1.807, 2.05) is 6.92 Å². The van der Waals surface area contributed by atoms with Crippen molar-refractivity contribution in [3.63, 3.8) is 0 Å². The fourth-order valence-electron chi connectivity index (χ4n) is 1.54. The molecule has 0 amide bonds. The Bertz CT molecular complexity index is 613. The van der Waals surface area contributed by atoms with Gasteiger partial charge < -0.3 is 11.5 Å². The lowest BCUT2D eigenvalue weighted by Gasteiger charge is -2.08. The van der Waals surface area contributed by atoms with Gasteiger partial charge in [-0.25, -0.2) is 19.9 Å². The van der Waals surface area contributed by atoms with Crippen molar-refractivity contribution < 1.29 is 0 Å². The summed E-state index contributed by atoms with van der Waals surface area (Å²) in [5.41, 5.74) is 12.1. The highest BCUT2D eigenvalue weighted by Crippen LogP contribution is 2.30. The highest BCUT2D eigenvalue weighted by molar-refractivity contribution is 7.99. The van der Waals surface area contributed by atoms with Gasteiger partial charge in [0, 0.05) is 18.1 Å². The summed E-state index contributed by atoms with van der Waals surface area (Å²) in [6.45, 7) is 3.92. The quantitative estimate of drug-likeness (QED) is 0.660. The average Bonchev–Trinajstić information content (AvgIpc) is 2.34. The van der Waals surface area contributed by atoms with Crippen LogP contribution in [0, 0.1) is 6.92 Å². The van der Waals surface area contributed by atoms with Crippen LogP contribution < -0.4 is 11.5 Å². The van der Waals surface area contributed by atoms with Gasteiger partial charge in [0.15, 0.2) is 5.16 Å². The molecule has 4 N–H and O–H groups in total. The zero-order valence-corrected chi connectivity index (χ0v) is 12.8. The van der Waals surface area contributed by atoms with E-state index in [1.54, 1.807) is 0 Å². The Morgan fingerprint density at radius 2 is 1.80 bits per heavy atom. The molecule has 0 saturated carbocycles. The van der Waals surface area contributed by atoms with Crippen LogP contribution >= 0.6 is 23.4 Å². The number of rotatable bonds is 4. The van der Waals surface area contributed by atoms with Gasteiger partial charge in [0.05, 0.1) is 0 Å². The number of hydrogen-bond donors (Lipinski definition) is 2. The number of hydrogen-bond acceptors (Lipinski definition) is 7. The molecular weight excluding hydrogens is 296 g/mol. The van der Waals surface area contributed by atoms with Crippen molar-refractivity contribution in [2.75, 3.05) is 11.5 Å².